The lowest BCUT2D eigenvalue weighted by Gasteiger charge is -2.36. The van der Waals surface area contributed by atoms with Gasteiger partial charge >= 0.3 is 0 Å². The van der Waals surface area contributed by atoms with Gasteiger partial charge in [0, 0.05) is 29.2 Å². The first-order chi connectivity index (χ1) is 14.9. The average molecular weight is 436 g/mol. The molecule has 5 rings (SSSR count). The summed E-state index contributed by atoms with van der Waals surface area (Å²) < 4.78 is 1.92. The molecule has 1 aliphatic rings. The molecule has 0 aliphatic carbocycles. The maximum Gasteiger partial charge on any atom is 0.167 e. The molecule has 0 bridgehead atoms. The standard InChI is InChI=1S/C23H26ClN7/c1-14-5-4-6-17(24)20(14)16-11-19(30(3)15-7-9-29(2)10-8-15)27-23-21(16)28-22(25)18-12-26-13-31(18)23/h4-6,11-13,15H,7-10H2,1-3H3,(H2,25,28). The second-order valence-electron chi connectivity index (χ2n) is 8.42. The molecular weight excluding hydrogens is 410 g/mol. The molecule has 7 nitrogen and oxygen atoms in total. The Morgan fingerprint density at radius 1 is 1.19 bits per heavy atom. The predicted octanol–water partition coefficient (Wildman–Crippen LogP) is 4.02. The molecule has 160 valence electrons. The number of rotatable bonds is 3. The van der Waals surface area contributed by atoms with Crippen molar-refractivity contribution in [1.82, 2.24) is 24.3 Å². The Kier molecular flexibility index (Phi) is 4.95. The van der Waals surface area contributed by atoms with Crippen molar-refractivity contribution >= 4 is 39.9 Å². The van der Waals surface area contributed by atoms with Crippen LogP contribution in [0.3, 0.4) is 0 Å². The topological polar surface area (TPSA) is 75.6 Å². The Hall–Kier alpha value is -2.90. The van der Waals surface area contributed by atoms with Gasteiger partial charge in [-0.1, -0.05) is 23.7 Å². The van der Waals surface area contributed by atoms with Crippen LogP contribution in [0.5, 0.6) is 0 Å². The van der Waals surface area contributed by atoms with Crippen molar-refractivity contribution in [3.63, 3.8) is 0 Å². The predicted molar refractivity (Wildman–Crippen MR) is 127 cm³/mol. The minimum atomic E-state index is 0.425. The molecule has 1 fully saturated rings. The highest BCUT2D eigenvalue weighted by molar-refractivity contribution is 6.34. The van der Waals surface area contributed by atoms with Gasteiger partial charge in [0.2, 0.25) is 0 Å². The van der Waals surface area contributed by atoms with Crippen LogP contribution >= 0.6 is 11.6 Å². The van der Waals surface area contributed by atoms with E-state index in [4.69, 9.17) is 27.3 Å². The molecular formula is C23H26ClN7. The highest BCUT2D eigenvalue weighted by atomic mass is 35.5. The fourth-order valence-corrected chi connectivity index (χ4v) is 4.86. The van der Waals surface area contributed by atoms with Crippen molar-refractivity contribution < 1.29 is 0 Å². The van der Waals surface area contributed by atoms with Crippen LogP contribution in [0.15, 0.2) is 36.8 Å². The quantitative estimate of drug-likeness (QED) is 0.523. The molecule has 4 aromatic rings. The highest BCUT2D eigenvalue weighted by Crippen LogP contribution is 2.38. The van der Waals surface area contributed by atoms with E-state index in [1.807, 2.05) is 16.5 Å². The lowest BCUT2D eigenvalue weighted by Crippen LogP contribution is -2.42. The molecule has 0 radical (unpaired) electrons. The molecule has 0 spiro atoms. The zero-order chi connectivity index (χ0) is 21.7. The minimum absolute atomic E-state index is 0.425. The number of aryl methyl sites for hydroxylation is 1. The van der Waals surface area contributed by atoms with Gasteiger partial charge in [-0.25, -0.2) is 15.0 Å². The van der Waals surface area contributed by atoms with Gasteiger partial charge in [0.05, 0.1) is 6.20 Å². The van der Waals surface area contributed by atoms with Gasteiger partial charge < -0.3 is 15.5 Å². The maximum absolute atomic E-state index is 6.68. The molecule has 2 N–H and O–H groups in total. The first kappa shape index (κ1) is 20.0. The van der Waals surface area contributed by atoms with Gasteiger partial charge in [0.25, 0.3) is 0 Å². The number of piperidine rings is 1. The van der Waals surface area contributed by atoms with E-state index in [9.17, 15) is 0 Å². The van der Waals surface area contributed by atoms with Crippen LogP contribution in [0.1, 0.15) is 18.4 Å². The Balaban J connectivity index is 1.77. The van der Waals surface area contributed by atoms with Crippen LogP contribution in [0.2, 0.25) is 5.02 Å². The summed E-state index contributed by atoms with van der Waals surface area (Å²) in [6, 6.07) is 8.47. The molecule has 0 unspecified atom stereocenters. The first-order valence-electron chi connectivity index (χ1n) is 10.5. The smallest absolute Gasteiger partial charge is 0.167 e. The van der Waals surface area contributed by atoms with E-state index in [-0.39, 0.29) is 0 Å². The van der Waals surface area contributed by atoms with E-state index < -0.39 is 0 Å². The van der Waals surface area contributed by atoms with E-state index in [0.29, 0.717) is 16.9 Å². The number of nitrogens with two attached hydrogens (primary N) is 1. The van der Waals surface area contributed by atoms with Crippen molar-refractivity contribution in [3.05, 3.63) is 47.4 Å². The molecule has 8 heteroatoms. The zero-order valence-electron chi connectivity index (χ0n) is 18.0. The number of likely N-dealkylation sites (tertiary alicyclic amines) is 1. The third-order valence-corrected chi connectivity index (χ3v) is 6.73. The molecule has 1 aromatic carbocycles. The van der Waals surface area contributed by atoms with Crippen molar-refractivity contribution in [1.29, 1.82) is 0 Å². The first-order valence-corrected chi connectivity index (χ1v) is 10.9. The van der Waals surface area contributed by atoms with Gasteiger partial charge in [-0.2, -0.15) is 0 Å². The molecule has 0 atom stereocenters. The molecule has 4 heterocycles. The number of pyridine rings is 1. The second kappa shape index (κ2) is 7.66. The number of anilines is 2. The van der Waals surface area contributed by atoms with E-state index in [2.05, 4.69) is 47.9 Å². The third kappa shape index (κ3) is 3.38. The minimum Gasteiger partial charge on any atom is -0.382 e. The molecule has 3 aromatic heterocycles. The van der Waals surface area contributed by atoms with Crippen molar-refractivity contribution in [2.45, 2.75) is 25.8 Å². The largest absolute Gasteiger partial charge is 0.382 e. The number of halogens is 1. The van der Waals surface area contributed by atoms with Crippen LogP contribution < -0.4 is 10.6 Å². The normalized spacial score (nSPS) is 15.7. The number of hydrogen-bond acceptors (Lipinski definition) is 6. The van der Waals surface area contributed by atoms with Gasteiger partial charge in [-0.05, 0) is 57.6 Å². The summed E-state index contributed by atoms with van der Waals surface area (Å²) in [4.78, 5) is 18.7. The summed E-state index contributed by atoms with van der Waals surface area (Å²) in [5.74, 6) is 1.33. The Morgan fingerprint density at radius 3 is 2.71 bits per heavy atom. The number of benzene rings is 1. The van der Waals surface area contributed by atoms with Gasteiger partial charge in [0.15, 0.2) is 5.65 Å². The fraction of sp³-hybridized carbons (Fsp3) is 0.348. The lowest BCUT2D eigenvalue weighted by molar-refractivity contribution is 0.252. The summed E-state index contributed by atoms with van der Waals surface area (Å²) in [5.41, 5.74) is 11.4. The van der Waals surface area contributed by atoms with E-state index in [1.54, 1.807) is 12.5 Å². The van der Waals surface area contributed by atoms with Crippen LogP contribution in [-0.4, -0.2) is 57.5 Å². The van der Waals surface area contributed by atoms with Gasteiger partial charge in [-0.15, -0.1) is 0 Å². The SMILES string of the molecule is Cc1cccc(Cl)c1-c1cc(N(C)C2CCN(C)CC2)nc2c1nc(N)c1cncn12. The van der Waals surface area contributed by atoms with Gasteiger partial charge in [-0.3, -0.25) is 4.40 Å². The molecule has 1 saturated heterocycles. The van der Waals surface area contributed by atoms with Crippen molar-refractivity contribution in [2.75, 3.05) is 37.8 Å². The summed E-state index contributed by atoms with van der Waals surface area (Å²) in [6.07, 6.45) is 5.67. The number of nitrogen functional groups attached to an aromatic ring is 1. The molecule has 31 heavy (non-hydrogen) atoms. The van der Waals surface area contributed by atoms with Crippen LogP contribution in [0.4, 0.5) is 11.6 Å². The Bertz CT molecular complexity index is 1250. The number of aromatic nitrogens is 4. The fourth-order valence-electron chi connectivity index (χ4n) is 4.53. The Labute approximate surface area is 186 Å². The van der Waals surface area contributed by atoms with Gasteiger partial charge in [0.1, 0.15) is 29.0 Å². The Morgan fingerprint density at radius 2 is 1.97 bits per heavy atom. The summed E-state index contributed by atoms with van der Waals surface area (Å²) in [6.45, 7) is 4.23. The number of nitrogens with zero attached hydrogens (tertiary/aromatic N) is 6. The van der Waals surface area contributed by atoms with Crippen LogP contribution in [0, 0.1) is 6.92 Å². The molecule has 0 saturated carbocycles. The van der Waals surface area contributed by atoms with Crippen molar-refractivity contribution in [2.24, 2.45) is 0 Å². The van der Waals surface area contributed by atoms with E-state index in [1.165, 1.54) is 0 Å². The van der Waals surface area contributed by atoms with E-state index in [0.717, 1.165) is 65.1 Å². The summed E-state index contributed by atoms with van der Waals surface area (Å²) >= 11 is 6.68. The number of fused-ring (bicyclic) bond motifs is 3. The number of imidazole rings is 1. The maximum atomic E-state index is 6.68. The van der Waals surface area contributed by atoms with Crippen LogP contribution in [-0.2, 0) is 0 Å². The summed E-state index contributed by atoms with van der Waals surface area (Å²) in [5, 5.41) is 0.687. The lowest BCUT2D eigenvalue weighted by atomic mass is 9.99. The molecule has 0 amide bonds. The zero-order valence-corrected chi connectivity index (χ0v) is 18.8. The highest BCUT2D eigenvalue weighted by Gasteiger charge is 2.24. The monoisotopic (exact) mass is 435 g/mol. The number of hydrogen-bond donors (Lipinski definition) is 1. The van der Waals surface area contributed by atoms with Crippen LogP contribution in [0.25, 0.3) is 27.8 Å². The average Bonchev–Trinajstić information content (AvgIpc) is 3.25. The second-order valence-corrected chi connectivity index (χ2v) is 8.83. The van der Waals surface area contributed by atoms with Crippen molar-refractivity contribution in [3.8, 4) is 11.1 Å². The summed E-state index contributed by atoms with van der Waals surface area (Å²) in [7, 11) is 4.30. The van der Waals surface area contributed by atoms with E-state index >= 15 is 0 Å². The molecule has 1 aliphatic heterocycles. The third-order valence-electron chi connectivity index (χ3n) is 6.41.